The van der Waals surface area contributed by atoms with Crippen LogP contribution in [0.1, 0.15) is 64.0 Å². The Kier molecular flexibility index (Phi) is 21.5. The SMILES string of the molecule is COCCOCCOCCOCCC1(C)C(/C=C/C=C2/N(CCCCCC(=O)O)c3ccc4c(S(=O)(=O)O)cc(S(=O)(=O)O)cc4c3C2(C)C)=[N+](CCOCCOCCOC)c2cc(S(=O)(=O)O)c3ccc(S(=O)(=O)O)cc3c21. The maximum Gasteiger partial charge on any atom is 0.303 e. The summed E-state index contributed by atoms with van der Waals surface area (Å²) < 4.78 is 185. The van der Waals surface area contributed by atoms with Crippen LogP contribution in [0.2, 0.25) is 0 Å². The van der Waals surface area contributed by atoms with Gasteiger partial charge in [-0.15, -0.1) is 0 Å². The first kappa shape index (κ1) is 63.4. The molecule has 0 fully saturated rings. The molecule has 4 aromatic rings. The van der Waals surface area contributed by atoms with Gasteiger partial charge in [-0.2, -0.15) is 38.2 Å². The number of fused-ring (bicyclic) bond motifs is 6. The zero-order chi connectivity index (χ0) is 58.0. The van der Waals surface area contributed by atoms with Crippen molar-refractivity contribution in [3.05, 3.63) is 83.6 Å². The molecule has 2 aliphatic rings. The van der Waals surface area contributed by atoms with Crippen molar-refractivity contribution < 1.29 is 99.5 Å². The molecule has 0 spiro atoms. The molecule has 6 rings (SSSR count). The van der Waals surface area contributed by atoms with Crippen LogP contribution in [0.3, 0.4) is 0 Å². The van der Waals surface area contributed by atoms with Gasteiger partial charge in [0, 0.05) is 79.1 Å². The first-order valence-electron chi connectivity index (χ1n) is 25.2. The number of hydrogen-bond acceptors (Lipinski definition) is 17. The number of anilines is 1. The molecule has 1 unspecified atom stereocenters. The van der Waals surface area contributed by atoms with Crippen LogP contribution in [0.25, 0.3) is 21.5 Å². The van der Waals surface area contributed by atoms with Gasteiger partial charge in [-0.1, -0.05) is 38.5 Å². The lowest BCUT2D eigenvalue weighted by Crippen LogP contribution is -2.34. The van der Waals surface area contributed by atoms with Gasteiger partial charge in [0.2, 0.25) is 5.69 Å². The van der Waals surface area contributed by atoms with Gasteiger partial charge >= 0.3 is 5.97 Å². The fraction of sp³-hybridized carbons (Fsp3) is 0.500. The molecule has 0 amide bonds. The van der Waals surface area contributed by atoms with Crippen molar-refractivity contribution in [2.45, 2.75) is 83.3 Å². The second-order valence-corrected chi connectivity index (χ2v) is 25.0. The Balaban J connectivity index is 1.54. The molecule has 2 aliphatic heterocycles. The van der Waals surface area contributed by atoms with Crippen molar-refractivity contribution in [1.82, 2.24) is 0 Å². The van der Waals surface area contributed by atoms with Gasteiger partial charge in [0.15, 0.2) is 12.3 Å². The van der Waals surface area contributed by atoms with E-state index in [4.69, 9.17) is 33.2 Å². The van der Waals surface area contributed by atoms with Crippen LogP contribution < -0.4 is 4.90 Å². The molecule has 23 nitrogen and oxygen atoms in total. The number of benzene rings is 4. The first-order chi connectivity index (χ1) is 37.2. The maximum atomic E-state index is 13.3. The number of carboxylic acids is 1. The standard InChI is InChI=1S/C52H68N2O21S4/c1-51(2)46(53(18-8-6-7-12-48(55)56)42-16-15-39-40(49(42)51)33-37(77(60,61)62)34-44(39)78(63,64)65)10-9-11-47-52(3,17-20-71-26-28-75-31-30-74-25-23-70-5)50-41-32-36(76(57,58)59)13-14-38(41)45(79(66,67)68)35-43(50)54(47)19-21-72-27-29-73-24-22-69-4/h9-11,13-16,32-35H,6-8,12,17-31H2,1-5H3,(H4-,55,56,57,58,59,60,61,62,63,64,65,66,67,68)/p+1. The van der Waals surface area contributed by atoms with E-state index in [1.54, 1.807) is 43.1 Å². The number of nitrogens with zero attached hydrogens (tertiary/aromatic N) is 2. The smallest absolute Gasteiger partial charge is 0.303 e. The number of hydrogen-bond donors (Lipinski definition) is 5. The lowest BCUT2D eigenvalue weighted by Gasteiger charge is -2.27. The molecular formula is C52H69N2O21S4+. The van der Waals surface area contributed by atoms with E-state index in [9.17, 15) is 61.8 Å². The minimum atomic E-state index is -5.05. The van der Waals surface area contributed by atoms with E-state index >= 15 is 0 Å². The third kappa shape index (κ3) is 15.4. The Labute approximate surface area is 460 Å². The number of unbranched alkanes of at least 4 members (excludes halogenated alkanes) is 2. The molecule has 5 N–H and O–H groups in total. The van der Waals surface area contributed by atoms with Crippen LogP contribution in [0, 0.1) is 0 Å². The Morgan fingerprint density at radius 3 is 1.63 bits per heavy atom. The minimum absolute atomic E-state index is 0.0243. The van der Waals surface area contributed by atoms with E-state index in [1.165, 1.54) is 18.2 Å². The number of ether oxygens (including phenoxy) is 7. The minimum Gasteiger partial charge on any atom is -0.481 e. The van der Waals surface area contributed by atoms with Gasteiger partial charge in [0.05, 0.1) is 81.3 Å². The summed E-state index contributed by atoms with van der Waals surface area (Å²) in [5, 5.41) is 9.47. The van der Waals surface area contributed by atoms with Crippen molar-refractivity contribution in [1.29, 1.82) is 0 Å². The highest BCUT2D eigenvalue weighted by atomic mass is 32.2. The molecule has 79 heavy (non-hydrogen) atoms. The van der Waals surface area contributed by atoms with Crippen molar-refractivity contribution in [2.24, 2.45) is 0 Å². The van der Waals surface area contributed by atoms with Crippen LogP contribution in [0.15, 0.2) is 92.0 Å². The first-order valence-corrected chi connectivity index (χ1v) is 31.0. The summed E-state index contributed by atoms with van der Waals surface area (Å²) in [6, 6.07) is 9.54. The van der Waals surface area contributed by atoms with E-state index in [0.29, 0.717) is 99.7 Å². The highest BCUT2D eigenvalue weighted by molar-refractivity contribution is 7.87. The van der Waals surface area contributed by atoms with E-state index < -0.39 is 76.9 Å². The van der Waals surface area contributed by atoms with Crippen LogP contribution in [-0.4, -0.2) is 180 Å². The topological polar surface area (TPSA) is 326 Å². The zero-order valence-corrected chi connectivity index (χ0v) is 47.8. The summed E-state index contributed by atoms with van der Waals surface area (Å²) in [4.78, 5) is 10.7. The molecule has 27 heteroatoms. The molecule has 0 aliphatic carbocycles. The molecule has 1 atom stereocenters. The van der Waals surface area contributed by atoms with Crippen LogP contribution in [0.4, 0.5) is 11.4 Å². The highest BCUT2D eigenvalue weighted by Crippen LogP contribution is 2.53. The van der Waals surface area contributed by atoms with Crippen LogP contribution >= 0.6 is 0 Å². The third-order valence-electron chi connectivity index (χ3n) is 13.8. The summed E-state index contributed by atoms with van der Waals surface area (Å²) in [5.74, 6) is -0.961. The summed E-state index contributed by atoms with van der Waals surface area (Å²) in [6.45, 7) is 8.85. The highest BCUT2D eigenvalue weighted by Gasteiger charge is 2.50. The molecule has 0 saturated heterocycles. The quantitative estimate of drug-likeness (QED) is 0.0208. The van der Waals surface area contributed by atoms with Crippen LogP contribution in [0.5, 0.6) is 0 Å². The zero-order valence-electron chi connectivity index (χ0n) is 44.6. The lowest BCUT2D eigenvalue weighted by atomic mass is 9.74. The summed E-state index contributed by atoms with van der Waals surface area (Å²) in [6.07, 6.45) is 6.73. The molecule has 436 valence electrons. The number of carboxylic acid groups (broad SMARTS) is 1. The van der Waals surface area contributed by atoms with E-state index in [2.05, 4.69) is 0 Å². The Hall–Kier alpha value is -4.82. The van der Waals surface area contributed by atoms with Crippen molar-refractivity contribution in [3.8, 4) is 0 Å². The molecule has 2 heterocycles. The molecule has 0 saturated carbocycles. The average molecular weight is 1190 g/mol. The fourth-order valence-electron chi connectivity index (χ4n) is 10.1. The van der Waals surface area contributed by atoms with Gasteiger partial charge in [-0.3, -0.25) is 23.0 Å². The lowest BCUT2D eigenvalue weighted by molar-refractivity contribution is -0.442. The van der Waals surface area contributed by atoms with Gasteiger partial charge in [-0.25, -0.2) is 0 Å². The Morgan fingerprint density at radius 2 is 1.09 bits per heavy atom. The second kappa shape index (κ2) is 26.8. The van der Waals surface area contributed by atoms with Crippen molar-refractivity contribution in [2.75, 3.05) is 111 Å². The number of carbonyl (C=O) groups is 1. The molecule has 4 aromatic carbocycles. The van der Waals surface area contributed by atoms with Crippen LogP contribution in [-0.2, 0) is 89.3 Å². The van der Waals surface area contributed by atoms with Gasteiger partial charge < -0.3 is 43.2 Å². The average Bonchev–Trinajstić information content (AvgIpc) is 3.01. The van der Waals surface area contributed by atoms with Gasteiger partial charge in [0.25, 0.3) is 40.5 Å². The number of methoxy groups -OCH3 is 2. The Bertz CT molecular complexity index is 3430. The molecule has 0 aromatic heterocycles. The predicted octanol–water partition coefficient (Wildman–Crippen LogP) is 5.98. The number of aliphatic carboxylic acids is 1. The third-order valence-corrected chi connectivity index (χ3v) is 17.2. The number of rotatable bonds is 33. The normalized spacial score (nSPS) is 17.3. The second-order valence-electron chi connectivity index (χ2n) is 19.4. The summed E-state index contributed by atoms with van der Waals surface area (Å²) in [7, 11) is -16.8. The van der Waals surface area contributed by atoms with Crippen molar-refractivity contribution >= 4 is 85.1 Å². The molecular weight excluding hydrogens is 1120 g/mol. The number of allylic oxidation sites excluding steroid dienone is 4. The van der Waals surface area contributed by atoms with E-state index in [0.717, 1.165) is 18.2 Å². The fourth-order valence-corrected chi connectivity index (χ4v) is 12.7. The monoisotopic (exact) mass is 1190 g/mol. The van der Waals surface area contributed by atoms with Crippen molar-refractivity contribution in [3.63, 3.8) is 0 Å². The molecule has 0 bridgehead atoms. The van der Waals surface area contributed by atoms with Gasteiger partial charge in [-0.05, 0) is 78.9 Å². The van der Waals surface area contributed by atoms with E-state index in [-0.39, 0.29) is 86.3 Å². The maximum absolute atomic E-state index is 13.3. The predicted molar refractivity (Wildman–Crippen MR) is 290 cm³/mol. The largest absolute Gasteiger partial charge is 0.481 e. The summed E-state index contributed by atoms with van der Waals surface area (Å²) in [5.41, 5.74) is 0.484. The molecule has 0 radical (unpaired) electrons. The Morgan fingerprint density at radius 1 is 0.582 bits per heavy atom. The van der Waals surface area contributed by atoms with E-state index in [1.807, 2.05) is 25.7 Å². The summed E-state index contributed by atoms with van der Waals surface area (Å²) >= 11 is 0. The van der Waals surface area contributed by atoms with Gasteiger partial charge in [0.1, 0.15) is 16.4 Å².